The van der Waals surface area contributed by atoms with Crippen LogP contribution in [-0.4, -0.2) is 52.8 Å². The Morgan fingerprint density at radius 3 is 2.43 bits per heavy atom. The molecule has 0 radical (unpaired) electrons. The average Bonchev–Trinajstić information content (AvgIpc) is 2.97. The maximum absolute atomic E-state index is 12.8. The SMILES string of the molecule is CC(C)(C)OC(=O)N[C@H](C(=O)N1CCSC1)[C@H]1CC[C@H](N)CC1. The van der Waals surface area contributed by atoms with E-state index in [2.05, 4.69) is 5.32 Å². The Morgan fingerprint density at radius 1 is 1.26 bits per heavy atom. The molecule has 23 heavy (non-hydrogen) atoms. The summed E-state index contributed by atoms with van der Waals surface area (Å²) in [4.78, 5) is 26.8. The lowest BCUT2D eigenvalue weighted by Crippen LogP contribution is -2.53. The number of thioether (sulfide) groups is 1. The van der Waals surface area contributed by atoms with Gasteiger partial charge >= 0.3 is 6.09 Å². The van der Waals surface area contributed by atoms with Crippen molar-refractivity contribution in [1.82, 2.24) is 10.2 Å². The Kier molecular flexibility index (Phi) is 6.19. The fraction of sp³-hybridized carbons (Fsp3) is 0.875. The number of amides is 2. The molecule has 0 unspecified atom stereocenters. The summed E-state index contributed by atoms with van der Waals surface area (Å²) >= 11 is 1.74. The second-order valence-corrected chi connectivity index (χ2v) is 8.51. The van der Waals surface area contributed by atoms with E-state index in [0.29, 0.717) is 5.88 Å². The summed E-state index contributed by atoms with van der Waals surface area (Å²) in [7, 11) is 0. The predicted octanol–water partition coefficient (Wildman–Crippen LogP) is 1.93. The fourth-order valence-corrected chi connectivity index (χ4v) is 4.03. The minimum absolute atomic E-state index is 0.0151. The van der Waals surface area contributed by atoms with Gasteiger partial charge in [0, 0.05) is 18.3 Å². The van der Waals surface area contributed by atoms with E-state index in [1.54, 1.807) is 11.8 Å². The third-order valence-corrected chi connectivity index (χ3v) is 5.26. The summed E-state index contributed by atoms with van der Waals surface area (Å²) in [5, 5.41) is 2.83. The van der Waals surface area contributed by atoms with E-state index < -0.39 is 17.7 Å². The zero-order valence-corrected chi connectivity index (χ0v) is 15.2. The molecule has 1 saturated heterocycles. The number of carbonyl (C=O) groups is 2. The second-order valence-electron chi connectivity index (χ2n) is 7.44. The maximum atomic E-state index is 12.8. The van der Waals surface area contributed by atoms with Crippen molar-refractivity contribution in [1.29, 1.82) is 0 Å². The molecule has 2 amide bonds. The molecule has 0 aromatic carbocycles. The molecule has 2 aliphatic rings. The highest BCUT2D eigenvalue weighted by Crippen LogP contribution is 2.28. The fourth-order valence-electron chi connectivity index (χ4n) is 3.08. The number of hydrogen-bond donors (Lipinski definition) is 2. The van der Waals surface area contributed by atoms with Crippen LogP contribution in [0.15, 0.2) is 0 Å². The number of nitrogens with two attached hydrogens (primary N) is 1. The van der Waals surface area contributed by atoms with Gasteiger partial charge in [-0.05, 0) is 52.4 Å². The van der Waals surface area contributed by atoms with Crippen LogP contribution in [0.1, 0.15) is 46.5 Å². The van der Waals surface area contributed by atoms with Gasteiger partial charge in [0.2, 0.25) is 5.91 Å². The molecular weight excluding hydrogens is 314 g/mol. The standard InChI is InChI=1S/C16H29N3O3S/c1-16(2,3)22-15(21)18-13(11-4-6-12(17)7-5-11)14(20)19-8-9-23-10-19/h11-13H,4-10,17H2,1-3H3,(H,18,21)/t11-,12-,13-/m0/s1. The average molecular weight is 343 g/mol. The third kappa shape index (κ3) is 5.57. The van der Waals surface area contributed by atoms with Crippen molar-refractivity contribution in [3.05, 3.63) is 0 Å². The van der Waals surface area contributed by atoms with Crippen LogP contribution in [0.5, 0.6) is 0 Å². The maximum Gasteiger partial charge on any atom is 0.408 e. The van der Waals surface area contributed by atoms with Crippen LogP contribution in [0, 0.1) is 5.92 Å². The monoisotopic (exact) mass is 343 g/mol. The van der Waals surface area contributed by atoms with Gasteiger partial charge in [0.05, 0.1) is 5.88 Å². The molecule has 0 aromatic heterocycles. The van der Waals surface area contributed by atoms with Gasteiger partial charge in [-0.15, -0.1) is 11.8 Å². The molecule has 1 heterocycles. The number of alkyl carbamates (subject to hydrolysis) is 1. The van der Waals surface area contributed by atoms with Crippen LogP contribution in [0.25, 0.3) is 0 Å². The molecule has 7 heteroatoms. The van der Waals surface area contributed by atoms with Crippen LogP contribution in [-0.2, 0) is 9.53 Å². The lowest BCUT2D eigenvalue weighted by atomic mass is 9.81. The summed E-state index contributed by atoms with van der Waals surface area (Å²) < 4.78 is 5.34. The van der Waals surface area contributed by atoms with Gasteiger partial charge in [0.25, 0.3) is 0 Å². The van der Waals surface area contributed by atoms with Gasteiger partial charge in [0.1, 0.15) is 11.6 Å². The molecular formula is C16H29N3O3S. The van der Waals surface area contributed by atoms with E-state index in [1.807, 2.05) is 25.7 Å². The van der Waals surface area contributed by atoms with Crippen molar-refractivity contribution >= 4 is 23.8 Å². The number of carbonyl (C=O) groups excluding carboxylic acids is 2. The summed E-state index contributed by atoms with van der Waals surface area (Å²) in [5.74, 6) is 1.82. The molecule has 3 N–H and O–H groups in total. The number of ether oxygens (including phenoxy) is 1. The van der Waals surface area contributed by atoms with Crippen molar-refractivity contribution in [2.45, 2.75) is 64.1 Å². The number of nitrogens with zero attached hydrogens (tertiary/aromatic N) is 1. The van der Waals surface area contributed by atoms with Crippen LogP contribution in [0.4, 0.5) is 4.79 Å². The number of hydrogen-bond acceptors (Lipinski definition) is 5. The van der Waals surface area contributed by atoms with Gasteiger partial charge in [-0.1, -0.05) is 0 Å². The van der Waals surface area contributed by atoms with Crippen molar-refractivity contribution in [3.63, 3.8) is 0 Å². The Bertz CT molecular complexity index is 425. The first-order valence-electron chi connectivity index (χ1n) is 8.38. The molecule has 0 spiro atoms. The van der Waals surface area contributed by atoms with Crippen LogP contribution in [0.3, 0.4) is 0 Å². The minimum Gasteiger partial charge on any atom is -0.444 e. The summed E-state index contributed by atoms with van der Waals surface area (Å²) in [6.07, 6.45) is 3.03. The summed E-state index contributed by atoms with van der Waals surface area (Å²) in [5.41, 5.74) is 5.40. The normalized spacial score (nSPS) is 26.7. The van der Waals surface area contributed by atoms with Crippen molar-refractivity contribution < 1.29 is 14.3 Å². The van der Waals surface area contributed by atoms with Gasteiger partial charge in [-0.3, -0.25) is 4.79 Å². The summed E-state index contributed by atoms with van der Waals surface area (Å²) in [6.45, 7) is 6.21. The Morgan fingerprint density at radius 2 is 1.91 bits per heavy atom. The number of rotatable bonds is 3. The molecule has 132 valence electrons. The topological polar surface area (TPSA) is 84.7 Å². The first kappa shape index (κ1) is 18.4. The van der Waals surface area contributed by atoms with E-state index in [9.17, 15) is 9.59 Å². The van der Waals surface area contributed by atoms with Crippen LogP contribution >= 0.6 is 11.8 Å². The van der Waals surface area contributed by atoms with Crippen molar-refractivity contribution in [3.8, 4) is 0 Å². The first-order valence-corrected chi connectivity index (χ1v) is 9.53. The van der Waals surface area contributed by atoms with Crippen LogP contribution in [0.2, 0.25) is 0 Å². The largest absolute Gasteiger partial charge is 0.444 e. The molecule has 1 saturated carbocycles. The molecule has 2 fully saturated rings. The summed E-state index contributed by atoms with van der Waals surface area (Å²) in [6, 6.07) is -0.290. The quantitative estimate of drug-likeness (QED) is 0.818. The lowest BCUT2D eigenvalue weighted by Gasteiger charge is -2.34. The zero-order valence-electron chi connectivity index (χ0n) is 14.3. The second kappa shape index (κ2) is 7.75. The highest BCUT2D eigenvalue weighted by atomic mass is 32.2. The van der Waals surface area contributed by atoms with Crippen molar-refractivity contribution in [2.24, 2.45) is 11.7 Å². The molecule has 1 aliphatic heterocycles. The van der Waals surface area contributed by atoms with E-state index in [-0.39, 0.29) is 17.9 Å². The van der Waals surface area contributed by atoms with E-state index in [4.69, 9.17) is 10.5 Å². The Labute approximate surface area is 142 Å². The van der Waals surface area contributed by atoms with E-state index in [1.165, 1.54) is 0 Å². The van der Waals surface area contributed by atoms with Gasteiger partial charge in [0.15, 0.2) is 0 Å². The lowest BCUT2D eigenvalue weighted by molar-refractivity contribution is -0.133. The first-order chi connectivity index (χ1) is 10.8. The molecule has 6 nitrogen and oxygen atoms in total. The highest BCUT2D eigenvalue weighted by molar-refractivity contribution is 7.99. The third-order valence-electron chi connectivity index (χ3n) is 4.29. The smallest absolute Gasteiger partial charge is 0.408 e. The van der Waals surface area contributed by atoms with Gasteiger partial charge in [-0.2, -0.15) is 0 Å². The zero-order chi connectivity index (χ0) is 17.0. The Balaban J connectivity index is 2.04. The predicted molar refractivity (Wildman–Crippen MR) is 92.1 cm³/mol. The van der Waals surface area contributed by atoms with E-state index in [0.717, 1.165) is 38.0 Å². The van der Waals surface area contributed by atoms with Gasteiger partial charge < -0.3 is 20.7 Å². The van der Waals surface area contributed by atoms with Crippen LogP contribution < -0.4 is 11.1 Å². The Hall–Kier alpha value is -0.950. The van der Waals surface area contributed by atoms with E-state index >= 15 is 0 Å². The molecule has 0 bridgehead atoms. The van der Waals surface area contributed by atoms with Crippen molar-refractivity contribution in [2.75, 3.05) is 18.2 Å². The van der Waals surface area contributed by atoms with Gasteiger partial charge in [-0.25, -0.2) is 4.79 Å². The molecule has 1 aliphatic carbocycles. The highest BCUT2D eigenvalue weighted by Gasteiger charge is 2.36. The molecule has 2 rings (SSSR count). The molecule has 1 atom stereocenters. The molecule has 0 aromatic rings. The minimum atomic E-state index is -0.573. The number of nitrogens with one attached hydrogen (secondary N) is 1.